The van der Waals surface area contributed by atoms with Gasteiger partial charge in [-0.3, -0.25) is 0 Å². The molecule has 224 valence electrons. The number of aliphatic hydroxyl groups is 3. The van der Waals surface area contributed by atoms with Gasteiger partial charge in [-0.15, -0.1) is 6.58 Å². The van der Waals surface area contributed by atoms with Crippen LogP contribution in [0.1, 0.15) is 16.8 Å². The summed E-state index contributed by atoms with van der Waals surface area (Å²) in [6.07, 6.45) is -5.86. The van der Waals surface area contributed by atoms with Gasteiger partial charge in [-0.05, 0) is 36.2 Å². The second-order valence-electron chi connectivity index (χ2n) is 10.1. The molecule has 2 fully saturated rings. The highest BCUT2D eigenvalue weighted by Crippen LogP contribution is 2.40. The van der Waals surface area contributed by atoms with Crippen LogP contribution in [-0.4, -0.2) is 92.8 Å². The number of aliphatic hydroxyl groups excluding tert-OH is 3. The third kappa shape index (κ3) is 5.65. The molecule has 0 bridgehead atoms. The summed E-state index contributed by atoms with van der Waals surface area (Å²) in [6, 6.07) is 7.78. The Hall–Kier alpha value is -4.14. The van der Waals surface area contributed by atoms with E-state index < -0.39 is 66.4 Å². The lowest BCUT2D eigenvalue weighted by Crippen LogP contribution is -2.60. The Morgan fingerprint density at radius 1 is 1.02 bits per heavy atom. The minimum absolute atomic E-state index is 0.0398. The lowest BCUT2D eigenvalue weighted by Gasteiger charge is -2.41. The number of fused-ring (bicyclic) bond motifs is 1. The SMILES string of the molecule is C=C[C@H]1[C@H](OC[C@H]2O[C@@H](OC(=O)c3cc(O)c(-c4cccc(O)c4)c(O)c3)[C@@H](O)[C@@H](O)[C@H]2O)OC=C2C(=O)OCC[C@H]21. The molecule has 8 atom stereocenters. The van der Waals surface area contributed by atoms with Crippen molar-refractivity contribution < 1.29 is 63.9 Å². The fourth-order valence-corrected chi connectivity index (χ4v) is 5.25. The molecule has 0 aliphatic carbocycles. The summed E-state index contributed by atoms with van der Waals surface area (Å²) in [6.45, 7) is 3.66. The fourth-order valence-electron chi connectivity index (χ4n) is 5.25. The van der Waals surface area contributed by atoms with Gasteiger partial charge < -0.3 is 54.3 Å². The Kier molecular flexibility index (Phi) is 8.38. The number of esters is 2. The van der Waals surface area contributed by atoms with E-state index in [1.807, 2.05) is 0 Å². The van der Waals surface area contributed by atoms with E-state index in [2.05, 4.69) is 6.58 Å². The second kappa shape index (κ2) is 12.0. The van der Waals surface area contributed by atoms with Gasteiger partial charge in [0, 0.05) is 11.8 Å². The van der Waals surface area contributed by atoms with E-state index >= 15 is 0 Å². The van der Waals surface area contributed by atoms with Crippen molar-refractivity contribution in [2.75, 3.05) is 13.2 Å². The predicted octanol–water partition coefficient (Wildman–Crippen LogP) is 1.06. The van der Waals surface area contributed by atoms with Crippen LogP contribution in [0.3, 0.4) is 0 Å². The molecular formula is C29H30O13. The molecule has 0 aromatic heterocycles. The molecule has 3 aliphatic heterocycles. The van der Waals surface area contributed by atoms with Crippen molar-refractivity contribution in [3.05, 3.63) is 66.5 Å². The highest BCUT2D eigenvalue weighted by molar-refractivity contribution is 5.93. The molecule has 2 saturated heterocycles. The molecule has 2 aromatic carbocycles. The number of ether oxygens (including phenoxy) is 5. The summed E-state index contributed by atoms with van der Waals surface area (Å²) in [7, 11) is 0. The van der Waals surface area contributed by atoms with Crippen molar-refractivity contribution in [3.63, 3.8) is 0 Å². The van der Waals surface area contributed by atoms with Crippen molar-refractivity contribution in [1.29, 1.82) is 0 Å². The van der Waals surface area contributed by atoms with Gasteiger partial charge in [-0.2, -0.15) is 0 Å². The molecule has 42 heavy (non-hydrogen) atoms. The van der Waals surface area contributed by atoms with Crippen LogP contribution in [0.15, 0.2) is 60.9 Å². The van der Waals surface area contributed by atoms with E-state index in [4.69, 9.17) is 23.7 Å². The quantitative estimate of drug-likeness (QED) is 0.199. The van der Waals surface area contributed by atoms with Gasteiger partial charge in [0.2, 0.25) is 12.6 Å². The molecule has 5 rings (SSSR count). The number of carbonyl (C=O) groups excluding carboxylic acids is 2. The minimum atomic E-state index is -1.85. The van der Waals surface area contributed by atoms with Crippen LogP contribution in [0, 0.1) is 11.8 Å². The molecule has 0 amide bonds. The highest BCUT2D eigenvalue weighted by Gasteiger charge is 2.47. The number of rotatable bonds is 7. The van der Waals surface area contributed by atoms with Gasteiger partial charge >= 0.3 is 11.9 Å². The summed E-state index contributed by atoms with van der Waals surface area (Å²) in [4.78, 5) is 24.9. The zero-order valence-electron chi connectivity index (χ0n) is 22.1. The Morgan fingerprint density at radius 3 is 2.45 bits per heavy atom. The maximum Gasteiger partial charge on any atom is 0.340 e. The Labute approximate surface area is 239 Å². The third-order valence-corrected chi connectivity index (χ3v) is 7.46. The minimum Gasteiger partial charge on any atom is -0.508 e. The average molecular weight is 587 g/mol. The van der Waals surface area contributed by atoms with Crippen LogP contribution in [0.5, 0.6) is 17.2 Å². The van der Waals surface area contributed by atoms with Gasteiger partial charge in [0.25, 0.3) is 0 Å². The summed E-state index contributed by atoms with van der Waals surface area (Å²) >= 11 is 0. The Morgan fingerprint density at radius 2 is 1.76 bits per heavy atom. The van der Waals surface area contributed by atoms with Crippen LogP contribution in [0.2, 0.25) is 0 Å². The molecule has 6 N–H and O–H groups in total. The van der Waals surface area contributed by atoms with E-state index in [0.29, 0.717) is 12.0 Å². The molecule has 3 aliphatic rings. The first-order chi connectivity index (χ1) is 20.1. The van der Waals surface area contributed by atoms with Gasteiger partial charge in [0.05, 0.1) is 36.2 Å². The lowest BCUT2D eigenvalue weighted by atomic mass is 9.81. The number of benzene rings is 2. The zero-order valence-corrected chi connectivity index (χ0v) is 22.1. The maximum atomic E-state index is 12.9. The largest absolute Gasteiger partial charge is 0.508 e. The standard InChI is InChI=1S/C29H30O13/c1-2-16-17-6-7-38-27(37)18(17)11-39-28(16)40-12-21-23(33)24(34)25(35)29(41-21)42-26(36)14-9-19(31)22(20(32)10-14)13-4-3-5-15(30)8-13/h2-5,8-11,16-17,21,23-25,28-35H,1,6-7,12H2/t16-,17+,21-,23+,24+,25+,28+,29+/m1/s1. The molecule has 0 radical (unpaired) electrons. The molecule has 3 heterocycles. The van der Waals surface area contributed by atoms with Gasteiger partial charge in [0.15, 0.2) is 0 Å². The summed E-state index contributed by atoms with van der Waals surface area (Å²) in [5, 5.41) is 62.1. The smallest absolute Gasteiger partial charge is 0.340 e. The molecular weight excluding hydrogens is 556 g/mol. The first kappa shape index (κ1) is 29.4. The van der Waals surface area contributed by atoms with Crippen molar-refractivity contribution in [2.24, 2.45) is 11.8 Å². The molecule has 13 nitrogen and oxygen atoms in total. The topological polar surface area (TPSA) is 202 Å². The Bertz CT molecular complexity index is 1360. The number of cyclic esters (lactones) is 1. The number of hydrogen-bond acceptors (Lipinski definition) is 13. The summed E-state index contributed by atoms with van der Waals surface area (Å²) in [5.41, 5.74) is 0.294. The predicted molar refractivity (Wildman–Crippen MR) is 141 cm³/mol. The van der Waals surface area contributed by atoms with Crippen LogP contribution < -0.4 is 0 Å². The maximum absolute atomic E-state index is 12.9. The molecule has 2 aromatic rings. The van der Waals surface area contributed by atoms with Gasteiger partial charge in [-0.25, -0.2) is 9.59 Å². The van der Waals surface area contributed by atoms with Crippen LogP contribution in [0.4, 0.5) is 0 Å². The van der Waals surface area contributed by atoms with E-state index in [1.165, 1.54) is 30.5 Å². The van der Waals surface area contributed by atoms with E-state index in [0.717, 1.165) is 12.1 Å². The summed E-state index contributed by atoms with van der Waals surface area (Å²) < 4.78 is 27.2. The van der Waals surface area contributed by atoms with Gasteiger partial charge in [0.1, 0.15) is 41.7 Å². The first-order valence-electron chi connectivity index (χ1n) is 13.1. The van der Waals surface area contributed by atoms with E-state index in [-0.39, 0.29) is 41.6 Å². The van der Waals surface area contributed by atoms with Crippen LogP contribution in [-0.2, 0) is 28.5 Å². The molecule has 0 saturated carbocycles. The van der Waals surface area contributed by atoms with E-state index in [1.54, 1.807) is 6.08 Å². The number of aromatic hydroxyl groups is 3. The molecule has 0 spiro atoms. The molecule has 0 unspecified atom stereocenters. The fraction of sp³-hybridized carbons (Fsp3) is 0.379. The number of phenolic OH excluding ortho intramolecular Hbond substituents is 3. The van der Waals surface area contributed by atoms with Crippen LogP contribution in [0.25, 0.3) is 11.1 Å². The number of carbonyl (C=O) groups is 2. The monoisotopic (exact) mass is 586 g/mol. The second-order valence-corrected chi connectivity index (χ2v) is 10.1. The van der Waals surface area contributed by atoms with Crippen molar-refractivity contribution >= 4 is 11.9 Å². The molecule has 13 heteroatoms. The normalized spacial score (nSPS) is 30.7. The van der Waals surface area contributed by atoms with Gasteiger partial charge in [-0.1, -0.05) is 18.2 Å². The first-order valence-corrected chi connectivity index (χ1v) is 13.1. The number of phenols is 3. The summed E-state index contributed by atoms with van der Waals surface area (Å²) in [5.74, 6) is -3.40. The third-order valence-electron chi connectivity index (χ3n) is 7.46. The van der Waals surface area contributed by atoms with Crippen molar-refractivity contribution in [2.45, 2.75) is 43.4 Å². The number of hydrogen-bond donors (Lipinski definition) is 6. The van der Waals surface area contributed by atoms with Crippen molar-refractivity contribution in [1.82, 2.24) is 0 Å². The lowest BCUT2D eigenvalue weighted by molar-refractivity contribution is -0.295. The van der Waals surface area contributed by atoms with Crippen LogP contribution >= 0.6 is 0 Å². The van der Waals surface area contributed by atoms with E-state index in [9.17, 15) is 40.2 Å². The Balaban J connectivity index is 1.27. The zero-order chi connectivity index (χ0) is 30.1. The van der Waals surface area contributed by atoms with Crippen molar-refractivity contribution in [3.8, 4) is 28.4 Å². The highest BCUT2D eigenvalue weighted by atomic mass is 16.7. The average Bonchev–Trinajstić information content (AvgIpc) is 2.96.